The second-order valence-electron chi connectivity index (χ2n) is 2.76. The summed E-state index contributed by atoms with van der Waals surface area (Å²) in [5.74, 6) is 0. The van der Waals surface area contributed by atoms with E-state index in [0.717, 1.165) is 13.2 Å². The van der Waals surface area contributed by atoms with Crippen LogP contribution in [-0.2, 0) is 4.74 Å². The van der Waals surface area contributed by atoms with Crippen LogP contribution in [0, 0.1) is 0 Å². The summed E-state index contributed by atoms with van der Waals surface area (Å²) in [7, 11) is 0. The smallest absolute Gasteiger partial charge is 0.0679 e. The Morgan fingerprint density at radius 2 is 2.22 bits per heavy atom. The van der Waals surface area contributed by atoms with E-state index < -0.39 is 0 Å². The topological polar surface area (TPSA) is 9.23 Å². The third-order valence-electron chi connectivity index (χ3n) is 1.75. The van der Waals surface area contributed by atoms with Crippen molar-refractivity contribution in [2.24, 2.45) is 0 Å². The highest BCUT2D eigenvalue weighted by Crippen LogP contribution is 2.15. The second kappa shape index (κ2) is 3.02. The van der Waals surface area contributed by atoms with Gasteiger partial charge in [-0.05, 0) is 32.3 Å². The van der Waals surface area contributed by atoms with Crippen LogP contribution in [0.5, 0.6) is 0 Å². The molecule has 0 saturated carbocycles. The highest BCUT2D eigenvalue weighted by Gasteiger charge is 2.05. The molecule has 1 aliphatic heterocycles. The van der Waals surface area contributed by atoms with E-state index in [-0.39, 0.29) is 0 Å². The Morgan fingerprint density at radius 3 is 2.56 bits per heavy atom. The van der Waals surface area contributed by atoms with Gasteiger partial charge in [0.05, 0.1) is 6.61 Å². The third kappa shape index (κ3) is 1.83. The van der Waals surface area contributed by atoms with E-state index in [1.165, 1.54) is 24.0 Å². The zero-order valence-corrected chi connectivity index (χ0v) is 6.24. The highest BCUT2D eigenvalue weighted by molar-refractivity contribution is 5.11. The summed E-state index contributed by atoms with van der Waals surface area (Å²) in [6.45, 7) is 6.15. The van der Waals surface area contributed by atoms with Crippen molar-refractivity contribution in [3.05, 3.63) is 11.1 Å². The maximum Gasteiger partial charge on any atom is 0.0679 e. The van der Waals surface area contributed by atoms with Crippen molar-refractivity contribution in [3.63, 3.8) is 0 Å². The largest absolute Gasteiger partial charge is 0.377 e. The summed E-state index contributed by atoms with van der Waals surface area (Å²) in [6.07, 6.45) is 2.46. The molecule has 1 fully saturated rings. The number of ether oxygens (including phenoxy) is 1. The van der Waals surface area contributed by atoms with Gasteiger partial charge in [0, 0.05) is 6.61 Å². The molecular formula is C8H14O. The second-order valence-corrected chi connectivity index (χ2v) is 2.76. The number of hydrogen-bond acceptors (Lipinski definition) is 1. The maximum absolute atomic E-state index is 5.29. The number of rotatable bonds is 0. The molecule has 52 valence electrons. The van der Waals surface area contributed by atoms with Crippen molar-refractivity contribution in [1.29, 1.82) is 0 Å². The molecule has 9 heavy (non-hydrogen) atoms. The van der Waals surface area contributed by atoms with Gasteiger partial charge in [0.2, 0.25) is 0 Å². The Kier molecular flexibility index (Phi) is 2.29. The lowest BCUT2D eigenvalue weighted by Crippen LogP contribution is -2.08. The zero-order valence-electron chi connectivity index (χ0n) is 6.24. The van der Waals surface area contributed by atoms with Crippen molar-refractivity contribution in [3.8, 4) is 0 Å². The lowest BCUT2D eigenvalue weighted by atomic mass is 10.1. The zero-order chi connectivity index (χ0) is 6.69. The van der Waals surface area contributed by atoms with Gasteiger partial charge in [-0.1, -0.05) is 5.57 Å². The highest BCUT2D eigenvalue weighted by atomic mass is 16.5. The molecule has 1 rings (SSSR count). The molecule has 0 bridgehead atoms. The van der Waals surface area contributed by atoms with E-state index in [9.17, 15) is 0 Å². The van der Waals surface area contributed by atoms with E-state index in [2.05, 4.69) is 13.8 Å². The SMILES string of the molecule is CC(C)=C1CCCOC1. The maximum atomic E-state index is 5.29. The van der Waals surface area contributed by atoms with Crippen molar-refractivity contribution < 1.29 is 4.74 Å². The fourth-order valence-corrected chi connectivity index (χ4v) is 1.05. The molecule has 0 radical (unpaired) electrons. The first-order valence-electron chi connectivity index (χ1n) is 3.53. The predicted octanol–water partition coefficient (Wildman–Crippen LogP) is 2.13. The van der Waals surface area contributed by atoms with E-state index in [0.29, 0.717) is 0 Å². The van der Waals surface area contributed by atoms with Crippen molar-refractivity contribution in [2.75, 3.05) is 13.2 Å². The minimum Gasteiger partial charge on any atom is -0.377 e. The van der Waals surface area contributed by atoms with Crippen LogP contribution in [0.2, 0.25) is 0 Å². The van der Waals surface area contributed by atoms with Gasteiger partial charge < -0.3 is 4.74 Å². The lowest BCUT2D eigenvalue weighted by molar-refractivity contribution is 0.129. The lowest BCUT2D eigenvalue weighted by Gasteiger charge is -2.15. The van der Waals surface area contributed by atoms with Gasteiger partial charge in [-0.2, -0.15) is 0 Å². The van der Waals surface area contributed by atoms with Gasteiger partial charge in [0.15, 0.2) is 0 Å². The minimum absolute atomic E-state index is 0.877. The van der Waals surface area contributed by atoms with Crippen LogP contribution >= 0.6 is 0 Å². The quantitative estimate of drug-likeness (QED) is 0.452. The monoisotopic (exact) mass is 126 g/mol. The molecule has 0 aliphatic carbocycles. The van der Waals surface area contributed by atoms with E-state index in [1.54, 1.807) is 0 Å². The normalized spacial score (nSPS) is 20.0. The summed E-state index contributed by atoms with van der Waals surface area (Å²) in [5, 5.41) is 0. The van der Waals surface area contributed by atoms with Crippen LogP contribution in [0.25, 0.3) is 0 Å². The first-order valence-corrected chi connectivity index (χ1v) is 3.53. The molecule has 0 aromatic rings. The molecule has 0 atom stereocenters. The Labute approximate surface area is 56.7 Å². The molecule has 1 aliphatic rings. The average Bonchev–Trinajstić information content (AvgIpc) is 1.90. The van der Waals surface area contributed by atoms with Gasteiger partial charge in [0.1, 0.15) is 0 Å². The van der Waals surface area contributed by atoms with Crippen LogP contribution in [0.1, 0.15) is 26.7 Å². The molecule has 1 nitrogen and oxygen atoms in total. The van der Waals surface area contributed by atoms with Gasteiger partial charge in [-0.15, -0.1) is 0 Å². The molecule has 1 heteroatoms. The van der Waals surface area contributed by atoms with Gasteiger partial charge in [-0.3, -0.25) is 0 Å². The molecule has 0 unspecified atom stereocenters. The molecular weight excluding hydrogens is 112 g/mol. The summed E-state index contributed by atoms with van der Waals surface area (Å²) in [5.41, 5.74) is 2.94. The van der Waals surface area contributed by atoms with Gasteiger partial charge in [0.25, 0.3) is 0 Å². The first-order chi connectivity index (χ1) is 4.30. The standard InChI is InChI=1S/C8H14O/c1-7(2)8-4-3-5-9-6-8/h3-6H2,1-2H3. The van der Waals surface area contributed by atoms with E-state index in [1.807, 2.05) is 0 Å². The molecule has 0 aromatic heterocycles. The first kappa shape index (κ1) is 6.81. The van der Waals surface area contributed by atoms with Crippen LogP contribution in [0.4, 0.5) is 0 Å². The Hall–Kier alpha value is -0.300. The Balaban J connectivity index is 2.49. The molecule has 0 aromatic carbocycles. The molecule has 0 amide bonds. The van der Waals surface area contributed by atoms with Crippen molar-refractivity contribution in [2.45, 2.75) is 26.7 Å². The summed E-state index contributed by atoms with van der Waals surface area (Å²) in [4.78, 5) is 0. The number of allylic oxidation sites excluding steroid dienone is 1. The van der Waals surface area contributed by atoms with Crippen LogP contribution < -0.4 is 0 Å². The fraction of sp³-hybridized carbons (Fsp3) is 0.750. The molecule has 1 heterocycles. The van der Waals surface area contributed by atoms with Gasteiger partial charge in [-0.25, -0.2) is 0 Å². The fourth-order valence-electron chi connectivity index (χ4n) is 1.05. The van der Waals surface area contributed by atoms with Crippen LogP contribution in [-0.4, -0.2) is 13.2 Å². The molecule has 1 saturated heterocycles. The summed E-state index contributed by atoms with van der Waals surface area (Å²) >= 11 is 0. The van der Waals surface area contributed by atoms with Crippen molar-refractivity contribution in [1.82, 2.24) is 0 Å². The number of hydrogen-bond donors (Lipinski definition) is 0. The van der Waals surface area contributed by atoms with Crippen molar-refractivity contribution >= 4 is 0 Å². The van der Waals surface area contributed by atoms with E-state index in [4.69, 9.17) is 4.74 Å². The predicted molar refractivity (Wildman–Crippen MR) is 38.4 cm³/mol. The third-order valence-corrected chi connectivity index (χ3v) is 1.75. The van der Waals surface area contributed by atoms with Gasteiger partial charge >= 0.3 is 0 Å². The molecule has 0 N–H and O–H groups in total. The summed E-state index contributed by atoms with van der Waals surface area (Å²) in [6, 6.07) is 0. The Bertz CT molecular complexity index is 113. The summed E-state index contributed by atoms with van der Waals surface area (Å²) < 4.78 is 5.29. The van der Waals surface area contributed by atoms with Crippen LogP contribution in [0.3, 0.4) is 0 Å². The van der Waals surface area contributed by atoms with E-state index >= 15 is 0 Å². The minimum atomic E-state index is 0.877. The van der Waals surface area contributed by atoms with Crippen LogP contribution in [0.15, 0.2) is 11.1 Å². The Morgan fingerprint density at radius 1 is 1.44 bits per heavy atom. The average molecular weight is 126 g/mol. The molecule has 0 spiro atoms.